The number of ether oxygens (including phenoxy) is 1. The van der Waals surface area contributed by atoms with Crippen LogP contribution in [0.4, 0.5) is 0 Å². The lowest BCUT2D eigenvalue weighted by molar-refractivity contribution is 0.0263. The first kappa shape index (κ1) is 12.9. The van der Waals surface area contributed by atoms with Crippen LogP contribution in [0.25, 0.3) is 0 Å². The quantitative estimate of drug-likeness (QED) is 0.560. The number of nitrogens with one attached hydrogen (secondary N) is 1. The second-order valence-corrected chi connectivity index (χ2v) is 3.79. The van der Waals surface area contributed by atoms with Gasteiger partial charge in [-0.2, -0.15) is 0 Å². The van der Waals surface area contributed by atoms with Crippen molar-refractivity contribution in [3.63, 3.8) is 0 Å². The van der Waals surface area contributed by atoms with Crippen LogP contribution in [0.15, 0.2) is 0 Å². The van der Waals surface area contributed by atoms with E-state index >= 15 is 0 Å². The molecule has 2 N–H and O–H groups in total. The summed E-state index contributed by atoms with van der Waals surface area (Å²) in [6, 6.07) is 0. The number of aliphatic hydroxyl groups is 1. The smallest absolute Gasteiger partial charge is 0.0897 e. The van der Waals surface area contributed by atoms with E-state index in [-0.39, 0.29) is 6.10 Å². The van der Waals surface area contributed by atoms with Gasteiger partial charge in [0.05, 0.1) is 12.7 Å². The number of aliphatic hydroxyl groups excluding tert-OH is 1. The van der Waals surface area contributed by atoms with Crippen molar-refractivity contribution in [2.45, 2.75) is 33.3 Å². The maximum absolute atomic E-state index is 9.40. The van der Waals surface area contributed by atoms with Crippen LogP contribution >= 0.6 is 0 Å². The third kappa shape index (κ3) is 9.80. The standard InChI is InChI=1S/C10H23NO2/c1-4-5-11-6-10(12)8-13-7-9(2)3/h9-12H,4-8H2,1-3H3. The average molecular weight is 189 g/mol. The molecule has 1 unspecified atom stereocenters. The van der Waals surface area contributed by atoms with Crippen molar-refractivity contribution in [1.82, 2.24) is 5.32 Å². The molecule has 0 saturated heterocycles. The zero-order valence-corrected chi connectivity index (χ0v) is 9.05. The Labute approximate surface area is 81.5 Å². The highest BCUT2D eigenvalue weighted by molar-refractivity contribution is 4.57. The summed E-state index contributed by atoms with van der Waals surface area (Å²) in [6.45, 7) is 9.06. The molecule has 13 heavy (non-hydrogen) atoms. The normalized spacial score (nSPS) is 13.6. The topological polar surface area (TPSA) is 41.5 Å². The molecule has 0 spiro atoms. The van der Waals surface area contributed by atoms with Crippen molar-refractivity contribution >= 4 is 0 Å². The number of hydrogen-bond donors (Lipinski definition) is 2. The Hall–Kier alpha value is -0.120. The fourth-order valence-corrected chi connectivity index (χ4v) is 0.944. The SMILES string of the molecule is CCCNCC(O)COCC(C)C. The zero-order valence-electron chi connectivity index (χ0n) is 9.05. The molecule has 0 aliphatic rings. The van der Waals surface area contributed by atoms with E-state index in [4.69, 9.17) is 4.74 Å². The minimum absolute atomic E-state index is 0.370. The molecule has 0 bridgehead atoms. The Morgan fingerprint density at radius 3 is 2.54 bits per heavy atom. The van der Waals surface area contributed by atoms with E-state index in [1.807, 2.05) is 0 Å². The summed E-state index contributed by atoms with van der Waals surface area (Å²) in [5.74, 6) is 0.538. The van der Waals surface area contributed by atoms with Gasteiger partial charge in [-0.1, -0.05) is 20.8 Å². The molecule has 0 fully saturated rings. The van der Waals surface area contributed by atoms with Crippen LogP contribution in [0.3, 0.4) is 0 Å². The van der Waals surface area contributed by atoms with E-state index in [9.17, 15) is 5.11 Å². The number of hydrogen-bond acceptors (Lipinski definition) is 3. The molecule has 0 radical (unpaired) electrons. The molecular weight excluding hydrogens is 166 g/mol. The Kier molecular flexibility index (Phi) is 8.40. The molecule has 0 saturated carbocycles. The second kappa shape index (κ2) is 8.48. The molecule has 0 heterocycles. The second-order valence-electron chi connectivity index (χ2n) is 3.79. The lowest BCUT2D eigenvalue weighted by Gasteiger charge is -2.12. The monoisotopic (exact) mass is 189 g/mol. The van der Waals surface area contributed by atoms with Crippen molar-refractivity contribution in [2.75, 3.05) is 26.3 Å². The molecule has 0 aliphatic carbocycles. The highest BCUT2D eigenvalue weighted by Crippen LogP contribution is 1.93. The van der Waals surface area contributed by atoms with Crippen molar-refractivity contribution < 1.29 is 9.84 Å². The lowest BCUT2D eigenvalue weighted by atomic mass is 10.2. The summed E-state index contributed by atoms with van der Waals surface area (Å²) >= 11 is 0. The van der Waals surface area contributed by atoms with Crippen molar-refractivity contribution in [1.29, 1.82) is 0 Å². The van der Waals surface area contributed by atoms with E-state index in [1.165, 1.54) is 0 Å². The molecule has 0 rings (SSSR count). The third-order valence-corrected chi connectivity index (χ3v) is 1.57. The molecule has 0 aliphatic heterocycles. The van der Waals surface area contributed by atoms with E-state index < -0.39 is 0 Å². The van der Waals surface area contributed by atoms with E-state index in [2.05, 4.69) is 26.1 Å². The fraction of sp³-hybridized carbons (Fsp3) is 1.00. The highest BCUT2D eigenvalue weighted by Gasteiger charge is 2.03. The Morgan fingerprint density at radius 2 is 2.00 bits per heavy atom. The predicted octanol–water partition coefficient (Wildman–Crippen LogP) is 1.02. The summed E-state index contributed by atoms with van der Waals surface area (Å²) in [5.41, 5.74) is 0. The molecule has 1 atom stereocenters. The molecule has 0 aromatic carbocycles. The summed E-state index contributed by atoms with van der Waals surface area (Å²) in [6.07, 6.45) is 0.727. The first-order valence-corrected chi connectivity index (χ1v) is 5.13. The van der Waals surface area contributed by atoms with Gasteiger partial charge in [-0.25, -0.2) is 0 Å². The van der Waals surface area contributed by atoms with Crippen molar-refractivity contribution in [2.24, 2.45) is 5.92 Å². The lowest BCUT2D eigenvalue weighted by Crippen LogP contribution is -2.31. The fourth-order valence-electron chi connectivity index (χ4n) is 0.944. The molecule has 3 nitrogen and oxygen atoms in total. The van der Waals surface area contributed by atoms with Gasteiger partial charge in [0, 0.05) is 13.2 Å². The van der Waals surface area contributed by atoms with Gasteiger partial charge in [-0.05, 0) is 18.9 Å². The summed E-state index contributed by atoms with van der Waals surface area (Å²) in [4.78, 5) is 0. The van der Waals surface area contributed by atoms with Crippen LogP contribution in [0.2, 0.25) is 0 Å². The Morgan fingerprint density at radius 1 is 1.31 bits per heavy atom. The molecule has 0 amide bonds. The summed E-state index contributed by atoms with van der Waals surface area (Å²) in [5, 5.41) is 12.5. The maximum atomic E-state index is 9.40. The van der Waals surface area contributed by atoms with Crippen LogP contribution in [-0.2, 0) is 4.74 Å². The highest BCUT2D eigenvalue weighted by atomic mass is 16.5. The van der Waals surface area contributed by atoms with E-state index in [0.29, 0.717) is 19.1 Å². The third-order valence-electron chi connectivity index (χ3n) is 1.57. The maximum Gasteiger partial charge on any atom is 0.0897 e. The Balaban J connectivity index is 3.15. The van der Waals surface area contributed by atoms with Crippen LogP contribution in [-0.4, -0.2) is 37.5 Å². The van der Waals surface area contributed by atoms with Crippen LogP contribution < -0.4 is 5.32 Å². The summed E-state index contributed by atoms with van der Waals surface area (Å²) in [7, 11) is 0. The van der Waals surface area contributed by atoms with Crippen molar-refractivity contribution in [3.8, 4) is 0 Å². The van der Waals surface area contributed by atoms with Crippen LogP contribution in [0, 0.1) is 5.92 Å². The van der Waals surface area contributed by atoms with Gasteiger partial charge < -0.3 is 15.2 Å². The van der Waals surface area contributed by atoms with Gasteiger partial charge in [0.2, 0.25) is 0 Å². The van der Waals surface area contributed by atoms with Gasteiger partial charge >= 0.3 is 0 Å². The Bertz CT molecular complexity index is 107. The summed E-state index contributed by atoms with van der Waals surface area (Å²) < 4.78 is 5.30. The van der Waals surface area contributed by atoms with Crippen LogP contribution in [0.1, 0.15) is 27.2 Å². The van der Waals surface area contributed by atoms with Crippen molar-refractivity contribution in [3.05, 3.63) is 0 Å². The minimum atomic E-state index is -0.370. The molecule has 80 valence electrons. The first-order valence-electron chi connectivity index (χ1n) is 5.13. The van der Waals surface area contributed by atoms with Gasteiger partial charge in [0.25, 0.3) is 0 Å². The minimum Gasteiger partial charge on any atom is -0.389 e. The van der Waals surface area contributed by atoms with Gasteiger partial charge in [0.15, 0.2) is 0 Å². The molecule has 0 aromatic heterocycles. The molecular formula is C10H23NO2. The molecule has 0 aromatic rings. The van der Waals surface area contributed by atoms with Gasteiger partial charge in [-0.15, -0.1) is 0 Å². The van der Waals surface area contributed by atoms with E-state index in [1.54, 1.807) is 0 Å². The van der Waals surface area contributed by atoms with Crippen LogP contribution in [0.5, 0.6) is 0 Å². The average Bonchev–Trinajstić information content (AvgIpc) is 2.04. The zero-order chi connectivity index (χ0) is 10.1. The largest absolute Gasteiger partial charge is 0.389 e. The number of rotatable bonds is 8. The van der Waals surface area contributed by atoms with Gasteiger partial charge in [0.1, 0.15) is 0 Å². The first-order chi connectivity index (χ1) is 6.16. The predicted molar refractivity (Wildman–Crippen MR) is 54.8 cm³/mol. The molecule has 3 heteroatoms. The van der Waals surface area contributed by atoms with E-state index in [0.717, 1.165) is 19.6 Å². The van der Waals surface area contributed by atoms with Gasteiger partial charge in [-0.3, -0.25) is 0 Å².